The number of aryl methyl sites for hydroxylation is 1. The number of carboxylic acids is 1. The van der Waals surface area contributed by atoms with Gasteiger partial charge in [0.25, 0.3) is 0 Å². The molecule has 0 aliphatic carbocycles. The molecular weight excluding hydrogens is 447 g/mol. The molecule has 0 bridgehead atoms. The summed E-state index contributed by atoms with van der Waals surface area (Å²) in [4.78, 5) is 11.9. The van der Waals surface area contributed by atoms with Gasteiger partial charge in [-0.15, -0.1) is 23.1 Å². The zero-order chi connectivity index (χ0) is 22.2. The zero-order valence-electron chi connectivity index (χ0n) is 16.1. The molecular formula is C21H16F3N3O2S2. The number of nitrogens with zero attached hydrogens (tertiary/aromatic N) is 2. The van der Waals surface area contributed by atoms with E-state index in [4.69, 9.17) is 5.11 Å². The quantitative estimate of drug-likeness (QED) is 0.351. The van der Waals surface area contributed by atoms with Crippen LogP contribution in [0.2, 0.25) is 0 Å². The molecule has 4 rings (SSSR count). The Labute approximate surface area is 183 Å². The molecule has 2 heterocycles. The first-order chi connectivity index (χ1) is 14.7. The Kier molecular flexibility index (Phi) is 5.76. The minimum atomic E-state index is -4.46. The van der Waals surface area contributed by atoms with Crippen molar-refractivity contribution in [2.45, 2.75) is 29.7 Å². The van der Waals surface area contributed by atoms with E-state index in [1.807, 2.05) is 23.6 Å². The van der Waals surface area contributed by atoms with Crippen LogP contribution in [0.1, 0.15) is 33.2 Å². The molecule has 0 aliphatic rings. The van der Waals surface area contributed by atoms with Gasteiger partial charge in [-0.25, -0.2) is 0 Å². The van der Waals surface area contributed by atoms with E-state index < -0.39 is 23.0 Å². The molecule has 1 atom stereocenters. The highest BCUT2D eigenvalue weighted by molar-refractivity contribution is 7.99. The van der Waals surface area contributed by atoms with Crippen LogP contribution in [0.25, 0.3) is 10.1 Å². The molecule has 0 fully saturated rings. The van der Waals surface area contributed by atoms with Gasteiger partial charge in [0.15, 0.2) is 0 Å². The molecule has 1 unspecified atom stereocenters. The minimum absolute atomic E-state index is 0.0895. The lowest BCUT2D eigenvalue weighted by molar-refractivity contribution is -0.138. The number of rotatable bonds is 6. The van der Waals surface area contributed by atoms with Gasteiger partial charge in [0, 0.05) is 9.60 Å². The molecule has 0 aliphatic heterocycles. The number of fused-ring (bicyclic) bond motifs is 1. The summed E-state index contributed by atoms with van der Waals surface area (Å²) in [5, 5.41) is 21.7. The third-order valence-corrected chi connectivity index (χ3v) is 7.08. The van der Waals surface area contributed by atoms with E-state index in [1.165, 1.54) is 42.3 Å². The maximum Gasteiger partial charge on any atom is 0.416 e. The van der Waals surface area contributed by atoms with Gasteiger partial charge in [-0.3, -0.25) is 4.79 Å². The molecule has 0 saturated heterocycles. The molecule has 5 nitrogen and oxygen atoms in total. The maximum atomic E-state index is 13.5. The molecule has 160 valence electrons. The highest BCUT2D eigenvalue weighted by atomic mass is 32.2. The van der Waals surface area contributed by atoms with Gasteiger partial charge in [-0.2, -0.15) is 28.6 Å². The molecule has 4 aromatic rings. The zero-order valence-corrected chi connectivity index (χ0v) is 17.7. The Balaban J connectivity index is 1.75. The average Bonchev–Trinajstić information content (AvgIpc) is 3.36. The number of halogens is 3. The van der Waals surface area contributed by atoms with E-state index in [-0.39, 0.29) is 12.0 Å². The van der Waals surface area contributed by atoms with Crippen LogP contribution < -0.4 is 0 Å². The first kappa shape index (κ1) is 21.4. The fourth-order valence-electron chi connectivity index (χ4n) is 3.31. The number of hydrogen-bond donors (Lipinski definition) is 2. The summed E-state index contributed by atoms with van der Waals surface area (Å²) in [6, 6.07) is 9.92. The van der Waals surface area contributed by atoms with Crippen LogP contribution in [0.15, 0.2) is 52.9 Å². The van der Waals surface area contributed by atoms with Crippen LogP contribution in [-0.4, -0.2) is 26.5 Å². The third-order valence-electron chi connectivity index (χ3n) is 4.79. The second-order valence-corrected chi connectivity index (χ2v) is 9.04. The fraction of sp³-hybridized carbons (Fsp3) is 0.190. The van der Waals surface area contributed by atoms with Gasteiger partial charge in [0.05, 0.1) is 23.4 Å². The van der Waals surface area contributed by atoms with Crippen molar-refractivity contribution in [3.63, 3.8) is 0 Å². The number of benzene rings is 2. The predicted octanol–water partition coefficient (Wildman–Crippen LogP) is 5.86. The average molecular weight is 464 g/mol. The number of carbonyl (C=O) groups is 1. The number of carboxylic acid groups (broad SMARTS) is 1. The van der Waals surface area contributed by atoms with E-state index in [0.717, 1.165) is 21.0 Å². The van der Waals surface area contributed by atoms with Crippen molar-refractivity contribution in [2.75, 3.05) is 0 Å². The van der Waals surface area contributed by atoms with Crippen molar-refractivity contribution < 1.29 is 23.1 Å². The van der Waals surface area contributed by atoms with Crippen LogP contribution in [0.5, 0.6) is 0 Å². The summed E-state index contributed by atoms with van der Waals surface area (Å²) in [7, 11) is 0. The lowest BCUT2D eigenvalue weighted by Gasteiger charge is -2.18. The van der Waals surface area contributed by atoms with E-state index in [1.54, 1.807) is 6.07 Å². The highest BCUT2D eigenvalue weighted by Gasteiger charge is 2.33. The standard InChI is InChI=1S/C21H16F3N3O2S2/c1-11-2-3-12(6-16(11)21(22,23)24)20(17-9-25-27-26-17)31-14-4-5-18-15(8-14)13(10-30-18)7-19(28)29/h2-6,8-10,20H,7H2,1H3,(H,28,29)(H,25,26,27). The number of aromatic amines is 1. The molecule has 0 spiro atoms. The number of H-pyrrole nitrogens is 1. The van der Waals surface area contributed by atoms with Gasteiger partial charge in [0.1, 0.15) is 5.69 Å². The molecule has 0 radical (unpaired) electrons. The fourth-order valence-corrected chi connectivity index (χ4v) is 5.38. The lowest BCUT2D eigenvalue weighted by Crippen LogP contribution is -2.09. The summed E-state index contributed by atoms with van der Waals surface area (Å²) in [5.41, 5.74) is 1.13. The number of hydrogen-bond acceptors (Lipinski definition) is 5. The Morgan fingerprint density at radius 3 is 2.74 bits per heavy atom. The van der Waals surface area contributed by atoms with Crippen molar-refractivity contribution >= 4 is 39.2 Å². The van der Waals surface area contributed by atoms with Crippen LogP contribution in [0.4, 0.5) is 13.2 Å². The molecule has 0 saturated carbocycles. The number of aromatic nitrogens is 3. The number of aliphatic carboxylic acids is 1. The van der Waals surface area contributed by atoms with Crippen molar-refractivity contribution in [1.29, 1.82) is 0 Å². The van der Waals surface area contributed by atoms with Crippen molar-refractivity contribution in [1.82, 2.24) is 15.4 Å². The SMILES string of the molecule is Cc1ccc(C(Sc2ccc3scc(CC(=O)O)c3c2)c2cn[nH]n2)cc1C(F)(F)F. The molecule has 10 heteroatoms. The minimum Gasteiger partial charge on any atom is -0.481 e. The molecule has 0 amide bonds. The largest absolute Gasteiger partial charge is 0.481 e. The maximum absolute atomic E-state index is 13.5. The summed E-state index contributed by atoms with van der Waals surface area (Å²) < 4.78 is 41.3. The van der Waals surface area contributed by atoms with Crippen molar-refractivity contribution in [3.05, 3.63) is 75.9 Å². The van der Waals surface area contributed by atoms with Crippen molar-refractivity contribution in [3.8, 4) is 0 Å². The second kappa shape index (κ2) is 8.35. The first-order valence-electron chi connectivity index (χ1n) is 9.14. The van der Waals surface area contributed by atoms with E-state index in [2.05, 4.69) is 15.4 Å². The Morgan fingerprint density at radius 1 is 1.26 bits per heavy atom. The van der Waals surface area contributed by atoms with E-state index in [9.17, 15) is 18.0 Å². The van der Waals surface area contributed by atoms with Crippen LogP contribution in [0, 0.1) is 6.92 Å². The van der Waals surface area contributed by atoms with E-state index >= 15 is 0 Å². The number of alkyl halides is 3. The summed E-state index contributed by atoms with van der Waals surface area (Å²) >= 11 is 2.80. The Bertz CT molecular complexity index is 1240. The van der Waals surface area contributed by atoms with Gasteiger partial charge in [-0.1, -0.05) is 12.1 Å². The van der Waals surface area contributed by atoms with Crippen LogP contribution in [0.3, 0.4) is 0 Å². The van der Waals surface area contributed by atoms with Gasteiger partial charge in [0.2, 0.25) is 0 Å². The van der Waals surface area contributed by atoms with Crippen LogP contribution in [-0.2, 0) is 17.4 Å². The first-order valence-corrected chi connectivity index (χ1v) is 10.9. The number of thiophene rings is 1. The normalized spacial score (nSPS) is 12.9. The summed E-state index contributed by atoms with van der Waals surface area (Å²) in [6.45, 7) is 1.43. The lowest BCUT2D eigenvalue weighted by atomic mass is 10.0. The van der Waals surface area contributed by atoms with Gasteiger partial charge in [-0.05, 0) is 58.6 Å². The molecule has 31 heavy (non-hydrogen) atoms. The Morgan fingerprint density at radius 2 is 2.06 bits per heavy atom. The molecule has 2 aromatic carbocycles. The second-order valence-electron chi connectivity index (χ2n) is 6.95. The van der Waals surface area contributed by atoms with Crippen molar-refractivity contribution in [2.24, 2.45) is 0 Å². The molecule has 2 aromatic heterocycles. The third kappa shape index (κ3) is 4.59. The number of nitrogens with one attached hydrogen (secondary N) is 1. The summed E-state index contributed by atoms with van der Waals surface area (Å²) in [6.07, 6.45) is -3.06. The topological polar surface area (TPSA) is 78.9 Å². The smallest absolute Gasteiger partial charge is 0.416 e. The van der Waals surface area contributed by atoms with Gasteiger partial charge < -0.3 is 5.11 Å². The molecule has 2 N–H and O–H groups in total. The number of thioether (sulfide) groups is 1. The Hall–Kier alpha value is -2.85. The highest BCUT2D eigenvalue weighted by Crippen LogP contribution is 2.43. The predicted molar refractivity (Wildman–Crippen MR) is 113 cm³/mol. The van der Waals surface area contributed by atoms with Crippen LogP contribution >= 0.6 is 23.1 Å². The monoisotopic (exact) mass is 463 g/mol. The van der Waals surface area contributed by atoms with E-state index in [0.29, 0.717) is 16.8 Å². The van der Waals surface area contributed by atoms with Gasteiger partial charge >= 0.3 is 12.1 Å². The summed E-state index contributed by atoms with van der Waals surface area (Å²) in [5.74, 6) is -0.919.